The third kappa shape index (κ3) is 3.58. The highest BCUT2D eigenvalue weighted by atomic mass is 16.5. The van der Waals surface area contributed by atoms with Gasteiger partial charge in [0.15, 0.2) is 0 Å². The molecule has 140 valence electrons. The highest BCUT2D eigenvalue weighted by Gasteiger charge is 2.38. The number of aromatic nitrogens is 5. The second kappa shape index (κ2) is 7.22. The number of rotatable bonds is 5. The number of ether oxygens (including phenoxy) is 2. The second-order valence-corrected chi connectivity index (χ2v) is 6.06. The Morgan fingerprint density at radius 2 is 2.23 bits per heavy atom. The first-order valence-electron chi connectivity index (χ1n) is 8.01. The van der Waals surface area contributed by atoms with E-state index in [9.17, 15) is 19.5 Å². The van der Waals surface area contributed by atoms with Gasteiger partial charge >= 0.3 is 11.7 Å². The summed E-state index contributed by atoms with van der Waals surface area (Å²) in [6.45, 7) is 2.60. The minimum atomic E-state index is -0.665. The van der Waals surface area contributed by atoms with Gasteiger partial charge in [-0.15, -0.1) is 5.10 Å². The van der Waals surface area contributed by atoms with Crippen LogP contribution in [0.15, 0.2) is 22.0 Å². The zero-order valence-electron chi connectivity index (χ0n) is 14.3. The second-order valence-electron chi connectivity index (χ2n) is 6.06. The van der Waals surface area contributed by atoms with E-state index in [1.807, 2.05) is 0 Å². The summed E-state index contributed by atoms with van der Waals surface area (Å²) in [6.07, 6.45) is 2.09. The molecule has 2 N–H and O–H groups in total. The Hall–Kier alpha value is -2.79. The lowest BCUT2D eigenvalue weighted by atomic mass is 10.1. The lowest BCUT2D eigenvalue weighted by Crippen LogP contribution is -2.33. The van der Waals surface area contributed by atoms with Crippen LogP contribution < -0.4 is 11.2 Å². The number of esters is 1. The molecule has 3 heterocycles. The van der Waals surface area contributed by atoms with Gasteiger partial charge in [-0.3, -0.25) is 19.1 Å². The average molecular weight is 365 g/mol. The van der Waals surface area contributed by atoms with Crippen molar-refractivity contribution in [3.05, 3.63) is 44.5 Å². The summed E-state index contributed by atoms with van der Waals surface area (Å²) < 4.78 is 13.4. The maximum Gasteiger partial charge on any atom is 0.330 e. The summed E-state index contributed by atoms with van der Waals surface area (Å²) in [5.41, 5.74) is -0.206. The van der Waals surface area contributed by atoms with E-state index in [4.69, 9.17) is 9.47 Å². The van der Waals surface area contributed by atoms with Crippen LogP contribution in [0, 0.1) is 6.92 Å². The number of H-pyrrole nitrogens is 1. The molecular weight excluding hydrogens is 346 g/mol. The van der Waals surface area contributed by atoms with E-state index in [1.165, 1.54) is 22.4 Å². The van der Waals surface area contributed by atoms with Crippen LogP contribution in [0.2, 0.25) is 0 Å². The first-order valence-corrected chi connectivity index (χ1v) is 8.01. The lowest BCUT2D eigenvalue weighted by molar-refractivity contribution is -0.142. The molecular formula is C15H19N5O6. The zero-order chi connectivity index (χ0) is 18.8. The smallest absolute Gasteiger partial charge is 0.330 e. The molecule has 26 heavy (non-hydrogen) atoms. The molecule has 1 aliphatic rings. The van der Waals surface area contributed by atoms with Gasteiger partial charge < -0.3 is 14.6 Å². The molecule has 0 amide bonds. The topological polar surface area (TPSA) is 141 Å². The highest BCUT2D eigenvalue weighted by Crippen LogP contribution is 2.35. The molecule has 0 spiro atoms. The zero-order valence-corrected chi connectivity index (χ0v) is 14.3. The number of aryl methyl sites for hydroxylation is 1. The van der Waals surface area contributed by atoms with Gasteiger partial charge in [-0.1, -0.05) is 5.21 Å². The van der Waals surface area contributed by atoms with E-state index < -0.39 is 29.6 Å². The van der Waals surface area contributed by atoms with Gasteiger partial charge in [-0.2, -0.15) is 0 Å². The largest absolute Gasteiger partial charge is 0.459 e. The van der Waals surface area contributed by atoms with Crippen molar-refractivity contribution in [3.63, 3.8) is 0 Å². The fourth-order valence-electron chi connectivity index (χ4n) is 2.85. The Morgan fingerprint density at radius 3 is 2.92 bits per heavy atom. The number of aromatic amines is 1. The fourth-order valence-corrected chi connectivity index (χ4v) is 2.85. The number of hydrogen-bond donors (Lipinski definition) is 2. The molecule has 2 aromatic heterocycles. The highest BCUT2D eigenvalue weighted by molar-refractivity contribution is 5.65. The molecule has 2 aromatic rings. The number of hydrogen-bond acceptors (Lipinski definition) is 8. The van der Waals surface area contributed by atoms with Gasteiger partial charge in [-0.25, -0.2) is 9.48 Å². The van der Waals surface area contributed by atoms with E-state index in [0.29, 0.717) is 17.7 Å². The van der Waals surface area contributed by atoms with Crippen LogP contribution >= 0.6 is 0 Å². The number of aliphatic hydroxyl groups is 1. The minimum absolute atomic E-state index is 0.00525. The molecule has 0 saturated carbocycles. The molecule has 0 bridgehead atoms. The van der Waals surface area contributed by atoms with E-state index in [1.54, 1.807) is 13.1 Å². The quantitative estimate of drug-likeness (QED) is 0.644. The van der Waals surface area contributed by atoms with Gasteiger partial charge in [0.2, 0.25) is 0 Å². The molecule has 0 aliphatic carbocycles. The Bertz CT molecular complexity index is 916. The van der Waals surface area contributed by atoms with E-state index in [-0.39, 0.29) is 19.3 Å². The number of aliphatic hydroxyl groups excluding tert-OH is 1. The van der Waals surface area contributed by atoms with Crippen molar-refractivity contribution in [2.24, 2.45) is 0 Å². The standard InChI is InChI=1S/C15H19N5O6/c1-8-4-19(15(24)16-14(8)23)13-3-11(12(6-21)26-13)20-5-10(17-18-20)7-25-9(2)22/h4-5,11-13,21H,3,6-7H2,1-2H3,(H,16,23,24)/t11-,12+,13+/m0/s1. The number of carbonyl (C=O) groups is 1. The van der Waals surface area contributed by atoms with Crippen LogP contribution in [0.3, 0.4) is 0 Å². The molecule has 11 nitrogen and oxygen atoms in total. The van der Waals surface area contributed by atoms with Crippen LogP contribution in [0.4, 0.5) is 0 Å². The van der Waals surface area contributed by atoms with E-state index in [2.05, 4.69) is 15.3 Å². The van der Waals surface area contributed by atoms with Crippen LogP contribution in [-0.4, -0.2) is 48.3 Å². The van der Waals surface area contributed by atoms with Crippen molar-refractivity contribution in [3.8, 4) is 0 Å². The molecule has 3 atom stereocenters. The Labute approximate surface area is 147 Å². The Kier molecular flexibility index (Phi) is 5.00. The molecule has 3 rings (SSSR count). The van der Waals surface area contributed by atoms with Crippen molar-refractivity contribution >= 4 is 5.97 Å². The van der Waals surface area contributed by atoms with Gasteiger partial charge in [-0.05, 0) is 6.92 Å². The normalized spacial score (nSPS) is 22.5. The lowest BCUT2D eigenvalue weighted by Gasteiger charge is -2.15. The molecule has 0 unspecified atom stereocenters. The predicted octanol–water partition coefficient (Wildman–Crippen LogP) is -0.979. The monoisotopic (exact) mass is 365 g/mol. The number of carbonyl (C=O) groups excluding carboxylic acids is 1. The van der Waals surface area contributed by atoms with Crippen molar-refractivity contribution in [2.45, 2.75) is 45.2 Å². The van der Waals surface area contributed by atoms with Crippen molar-refractivity contribution in [1.29, 1.82) is 0 Å². The van der Waals surface area contributed by atoms with Gasteiger partial charge in [0.05, 0.1) is 18.8 Å². The Balaban J connectivity index is 1.82. The third-order valence-electron chi connectivity index (χ3n) is 4.16. The number of nitrogens with one attached hydrogen (secondary N) is 1. The molecule has 1 aliphatic heterocycles. The minimum Gasteiger partial charge on any atom is -0.459 e. The average Bonchev–Trinajstić information content (AvgIpc) is 3.22. The van der Waals surface area contributed by atoms with E-state index >= 15 is 0 Å². The molecule has 1 saturated heterocycles. The first-order chi connectivity index (χ1) is 12.4. The van der Waals surface area contributed by atoms with Crippen LogP contribution in [0.5, 0.6) is 0 Å². The summed E-state index contributed by atoms with van der Waals surface area (Å²) in [4.78, 5) is 36.7. The molecule has 0 aromatic carbocycles. The van der Waals surface area contributed by atoms with Gasteiger partial charge in [0.1, 0.15) is 24.6 Å². The summed E-state index contributed by atoms with van der Waals surface area (Å²) >= 11 is 0. The van der Waals surface area contributed by atoms with Crippen molar-refractivity contribution < 1.29 is 19.4 Å². The van der Waals surface area contributed by atoms with Gasteiger partial charge in [0, 0.05) is 25.1 Å². The number of nitrogens with zero attached hydrogens (tertiary/aromatic N) is 4. The summed E-state index contributed by atoms with van der Waals surface area (Å²) in [5.74, 6) is -0.426. The predicted molar refractivity (Wildman–Crippen MR) is 86.2 cm³/mol. The summed E-state index contributed by atoms with van der Waals surface area (Å²) in [6, 6.07) is -0.372. The fraction of sp³-hybridized carbons (Fsp3) is 0.533. The first kappa shape index (κ1) is 18.0. The maximum absolute atomic E-state index is 12.1. The van der Waals surface area contributed by atoms with E-state index in [0.717, 1.165) is 0 Å². The van der Waals surface area contributed by atoms with Gasteiger partial charge in [0.25, 0.3) is 5.56 Å². The van der Waals surface area contributed by atoms with Crippen molar-refractivity contribution in [1.82, 2.24) is 24.5 Å². The molecule has 1 fully saturated rings. The SMILES string of the molecule is CC(=O)OCc1cn([C@H]2C[C@H](n3cc(C)c(=O)[nH]c3=O)O[C@@H]2CO)nn1. The maximum atomic E-state index is 12.1. The molecule has 11 heteroatoms. The third-order valence-corrected chi connectivity index (χ3v) is 4.16. The Morgan fingerprint density at radius 1 is 1.46 bits per heavy atom. The van der Waals surface area contributed by atoms with Crippen LogP contribution in [0.1, 0.15) is 36.9 Å². The van der Waals surface area contributed by atoms with Crippen LogP contribution in [-0.2, 0) is 20.9 Å². The summed E-state index contributed by atoms with van der Waals surface area (Å²) in [7, 11) is 0. The van der Waals surface area contributed by atoms with Crippen LogP contribution in [0.25, 0.3) is 0 Å². The summed E-state index contributed by atoms with van der Waals surface area (Å²) in [5, 5.41) is 17.5. The molecule has 0 radical (unpaired) electrons. The van der Waals surface area contributed by atoms with Crippen molar-refractivity contribution in [2.75, 3.05) is 6.61 Å².